The van der Waals surface area contributed by atoms with Crippen LogP contribution in [0.15, 0.2) is 48.5 Å². The zero-order valence-electron chi connectivity index (χ0n) is 18.5. The number of alkyl carbamates (subject to hydrolysis) is 1. The number of nitrogens with one attached hydrogen (secondary N) is 3. The Balaban J connectivity index is 1.86. The first-order valence-electron chi connectivity index (χ1n) is 9.78. The van der Waals surface area contributed by atoms with Gasteiger partial charge < -0.3 is 15.0 Å². The smallest absolute Gasteiger partial charge is 0.413 e. The third-order valence-corrected chi connectivity index (χ3v) is 3.95. The molecule has 2 aromatic carbocycles. The van der Waals surface area contributed by atoms with Crippen LogP contribution in [0, 0.1) is 17.3 Å². The molecule has 0 atom stereocenters. The maximum Gasteiger partial charge on any atom is 0.413 e. The lowest BCUT2D eigenvalue weighted by atomic mass is 10.1. The van der Waals surface area contributed by atoms with Crippen LogP contribution in [0.2, 0.25) is 0 Å². The fourth-order valence-electron chi connectivity index (χ4n) is 2.48. The van der Waals surface area contributed by atoms with Crippen LogP contribution in [-0.4, -0.2) is 49.0 Å². The molecule has 3 N–H and O–H groups in total. The Hall–Kier alpha value is -3.79. The minimum Gasteiger partial charge on any atom is -0.444 e. The van der Waals surface area contributed by atoms with Crippen LogP contribution in [0.4, 0.5) is 10.5 Å². The molecule has 0 aliphatic heterocycles. The SMILES string of the molecule is CN(C)C(=O)c1ccc(C#CCNc2ccc(C(=N)NC(=O)OC(C)(C)C)cc2)cc1. The number of hydrogen-bond donors (Lipinski definition) is 3. The average Bonchev–Trinajstić information content (AvgIpc) is 2.70. The zero-order chi connectivity index (χ0) is 23.0. The predicted octanol–water partition coefficient (Wildman–Crippen LogP) is 3.70. The summed E-state index contributed by atoms with van der Waals surface area (Å²) >= 11 is 0. The number of carbonyl (C=O) groups is 2. The second kappa shape index (κ2) is 10.3. The van der Waals surface area contributed by atoms with Crippen LogP contribution >= 0.6 is 0 Å². The number of ether oxygens (including phenoxy) is 1. The highest BCUT2D eigenvalue weighted by molar-refractivity contribution is 6.04. The Kier molecular flexibility index (Phi) is 7.81. The van der Waals surface area contributed by atoms with E-state index in [0.717, 1.165) is 11.3 Å². The number of hydrogen-bond acceptors (Lipinski definition) is 5. The zero-order valence-corrected chi connectivity index (χ0v) is 18.5. The minimum absolute atomic E-state index is 0.0308. The Morgan fingerprint density at radius 3 is 2.13 bits per heavy atom. The van der Waals surface area contributed by atoms with Gasteiger partial charge in [-0.3, -0.25) is 15.5 Å². The molecule has 0 aliphatic rings. The second-order valence-electron chi connectivity index (χ2n) is 8.01. The molecule has 31 heavy (non-hydrogen) atoms. The monoisotopic (exact) mass is 420 g/mol. The average molecular weight is 421 g/mol. The van der Waals surface area contributed by atoms with Crippen molar-refractivity contribution in [1.82, 2.24) is 10.2 Å². The van der Waals surface area contributed by atoms with E-state index < -0.39 is 11.7 Å². The van der Waals surface area contributed by atoms with Crippen molar-refractivity contribution in [3.63, 3.8) is 0 Å². The van der Waals surface area contributed by atoms with Gasteiger partial charge in [-0.15, -0.1) is 0 Å². The van der Waals surface area contributed by atoms with Gasteiger partial charge in [-0.05, 0) is 69.3 Å². The van der Waals surface area contributed by atoms with Crippen LogP contribution < -0.4 is 10.6 Å². The highest BCUT2D eigenvalue weighted by Crippen LogP contribution is 2.11. The van der Waals surface area contributed by atoms with Crippen LogP contribution in [0.3, 0.4) is 0 Å². The lowest BCUT2D eigenvalue weighted by Crippen LogP contribution is -2.36. The maximum atomic E-state index is 11.9. The molecule has 0 unspecified atom stereocenters. The van der Waals surface area contributed by atoms with Crippen molar-refractivity contribution >= 4 is 23.5 Å². The number of nitrogens with zero attached hydrogens (tertiary/aromatic N) is 1. The van der Waals surface area contributed by atoms with Gasteiger partial charge in [-0.25, -0.2) is 4.79 Å². The van der Waals surface area contributed by atoms with E-state index in [4.69, 9.17) is 10.1 Å². The summed E-state index contributed by atoms with van der Waals surface area (Å²) in [5.74, 6) is 6.01. The molecule has 0 saturated carbocycles. The van der Waals surface area contributed by atoms with Crippen molar-refractivity contribution in [2.75, 3.05) is 26.0 Å². The summed E-state index contributed by atoms with van der Waals surface area (Å²) in [4.78, 5) is 25.2. The first-order chi connectivity index (χ1) is 14.5. The Labute approximate surface area is 183 Å². The maximum absolute atomic E-state index is 11.9. The summed E-state index contributed by atoms with van der Waals surface area (Å²) in [7, 11) is 3.43. The van der Waals surface area contributed by atoms with Gasteiger partial charge >= 0.3 is 6.09 Å². The van der Waals surface area contributed by atoms with Crippen molar-refractivity contribution in [2.24, 2.45) is 0 Å². The molecule has 0 heterocycles. The predicted molar refractivity (Wildman–Crippen MR) is 122 cm³/mol. The van der Waals surface area contributed by atoms with Gasteiger partial charge in [0.05, 0.1) is 6.54 Å². The highest BCUT2D eigenvalue weighted by atomic mass is 16.6. The normalized spacial score (nSPS) is 10.4. The molecule has 0 aliphatic carbocycles. The molecule has 2 aromatic rings. The van der Waals surface area contributed by atoms with Crippen LogP contribution in [-0.2, 0) is 4.74 Å². The van der Waals surface area contributed by atoms with Gasteiger partial charge in [0.25, 0.3) is 5.91 Å². The molecule has 2 amide bonds. The van der Waals surface area contributed by atoms with Crippen molar-refractivity contribution in [2.45, 2.75) is 26.4 Å². The highest BCUT2D eigenvalue weighted by Gasteiger charge is 2.17. The van der Waals surface area contributed by atoms with Gasteiger partial charge in [0.2, 0.25) is 0 Å². The lowest BCUT2D eigenvalue weighted by molar-refractivity contribution is 0.0562. The Morgan fingerprint density at radius 1 is 1.00 bits per heavy atom. The largest absolute Gasteiger partial charge is 0.444 e. The fourth-order valence-corrected chi connectivity index (χ4v) is 2.48. The van der Waals surface area contributed by atoms with Crippen molar-refractivity contribution in [3.05, 3.63) is 65.2 Å². The number of rotatable bonds is 4. The third-order valence-electron chi connectivity index (χ3n) is 3.95. The summed E-state index contributed by atoms with van der Waals surface area (Å²) in [5, 5.41) is 13.6. The van der Waals surface area contributed by atoms with Crippen molar-refractivity contribution in [1.29, 1.82) is 5.41 Å². The third kappa shape index (κ3) is 7.86. The summed E-state index contributed by atoms with van der Waals surface area (Å²) in [6, 6.07) is 14.3. The topological polar surface area (TPSA) is 94.5 Å². The molecule has 0 spiro atoms. The number of amidine groups is 1. The summed E-state index contributed by atoms with van der Waals surface area (Å²) in [5.41, 5.74) is 2.24. The number of anilines is 1. The van der Waals surface area contributed by atoms with Crippen LogP contribution in [0.1, 0.15) is 42.3 Å². The van der Waals surface area contributed by atoms with Gasteiger partial charge in [-0.1, -0.05) is 11.8 Å². The number of amides is 2. The van der Waals surface area contributed by atoms with E-state index in [-0.39, 0.29) is 11.7 Å². The first-order valence-corrected chi connectivity index (χ1v) is 9.78. The van der Waals surface area contributed by atoms with E-state index in [2.05, 4.69) is 22.5 Å². The molecule has 0 aromatic heterocycles. The minimum atomic E-state index is -0.658. The molecule has 0 radical (unpaired) electrons. The van der Waals surface area contributed by atoms with Gasteiger partial charge in [0, 0.05) is 36.5 Å². The van der Waals surface area contributed by atoms with E-state index in [1.165, 1.54) is 4.90 Å². The molecular weight excluding hydrogens is 392 g/mol. The summed E-state index contributed by atoms with van der Waals surface area (Å²) < 4.78 is 5.15. The molecule has 0 saturated heterocycles. The standard InChI is InChI=1S/C24H28N4O3/c1-24(2,3)31-23(30)27-21(25)18-12-14-20(15-13-18)26-16-6-7-17-8-10-19(11-9-17)22(29)28(4)5/h8-15,26H,16H2,1-5H3,(H2,25,27,30). The second-order valence-corrected chi connectivity index (χ2v) is 8.01. The summed E-state index contributed by atoms with van der Waals surface area (Å²) in [6.07, 6.45) is -0.658. The van der Waals surface area contributed by atoms with E-state index in [1.807, 2.05) is 24.3 Å². The van der Waals surface area contributed by atoms with E-state index in [0.29, 0.717) is 17.7 Å². The molecular formula is C24H28N4O3. The van der Waals surface area contributed by atoms with E-state index in [9.17, 15) is 9.59 Å². The molecule has 162 valence electrons. The quantitative estimate of drug-likeness (QED) is 0.399. The van der Waals surface area contributed by atoms with Crippen LogP contribution in [0.25, 0.3) is 0 Å². The van der Waals surface area contributed by atoms with Crippen molar-refractivity contribution in [3.8, 4) is 11.8 Å². The van der Waals surface area contributed by atoms with Crippen LogP contribution in [0.5, 0.6) is 0 Å². The Bertz CT molecular complexity index is 992. The molecule has 2 rings (SSSR count). The van der Waals surface area contributed by atoms with Gasteiger partial charge in [0.15, 0.2) is 0 Å². The van der Waals surface area contributed by atoms with E-state index in [1.54, 1.807) is 59.1 Å². The lowest BCUT2D eigenvalue weighted by Gasteiger charge is -2.19. The number of carbonyl (C=O) groups excluding carboxylic acids is 2. The first kappa shape index (κ1) is 23.5. The Morgan fingerprint density at radius 2 is 1.58 bits per heavy atom. The van der Waals surface area contributed by atoms with Gasteiger partial charge in [0.1, 0.15) is 11.4 Å². The molecule has 0 fully saturated rings. The van der Waals surface area contributed by atoms with Gasteiger partial charge in [-0.2, -0.15) is 0 Å². The molecule has 7 heteroatoms. The molecule has 0 bridgehead atoms. The molecule has 7 nitrogen and oxygen atoms in total. The number of benzene rings is 2. The summed E-state index contributed by atoms with van der Waals surface area (Å²) in [6.45, 7) is 5.73. The fraction of sp³-hybridized carbons (Fsp3) is 0.292. The van der Waals surface area contributed by atoms with E-state index >= 15 is 0 Å². The van der Waals surface area contributed by atoms with Crippen molar-refractivity contribution < 1.29 is 14.3 Å².